The van der Waals surface area contributed by atoms with E-state index in [2.05, 4.69) is 24.0 Å². The Labute approximate surface area is 161 Å². The summed E-state index contributed by atoms with van der Waals surface area (Å²) in [6.45, 7) is 5.16. The Morgan fingerprint density at radius 1 is 1.15 bits per heavy atom. The zero-order valence-electron chi connectivity index (χ0n) is 15.3. The Morgan fingerprint density at radius 3 is 2.70 bits per heavy atom. The summed E-state index contributed by atoms with van der Waals surface area (Å²) in [6.07, 6.45) is 1.64. The fourth-order valence-corrected chi connectivity index (χ4v) is 4.10. The Morgan fingerprint density at radius 2 is 1.96 bits per heavy atom. The van der Waals surface area contributed by atoms with Crippen LogP contribution >= 0.6 is 11.3 Å². The van der Waals surface area contributed by atoms with E-state index in [4.69, 9.17) is 4.74 Å². The summed E-state index contributed by atoms with van der Waals surface area (Å²) >= 11 is 1.50. The molecule has 0 saturated heterocycles. The molecule has 0 bridgehead atoms. The summed E-state index contributed by atoms with van der Waals surface area (Å²) in [5.41, 5.74) is 4.19. The molecule has 0 atom stereocenters. The van der Waals surface area contributed by atoms with Crippen LogP contribution in [0, 0.1) is 6.92 Å². The highest BCUT2D eigenvalue weighted by atomic mass is 32.1. The Bertz CT molecular complexity index is 1140. The van der Waals surface area contributed by atoms with Gasteiger partial charge in [-0.15, -0.1) is 11.3 Å². The fraction of sp³-hybridized carbons (Fsp3) is 0.182. The minimum atomic E-state index is -0.00774. The molecule has 0 N–H and O–H groups in total. The summed E-state index contributed by atoms with van der Waals surface area (Å²) in [5.74, 6) is 0.829. The smallest absolute Gasteiger partial charge is 0.263 e. The van der Waals surface area contributed by atoms with Crippen molar-refractivity contribution < 1.29 is 4.74 Å². The van der Waals surface area contributed by atoms with Gasteiger partial charge in [-0.1, -0.05) is 42.0 Å². The SMILES string of the molecule is CCOc1ccc(-c2csc3ncn(Cc4cccc(C)c4)c(=O)c23)cc1. The first kappa shape index (κ1) is 17.5. The van der Waals surface area contributed by atoms with Crippen LogP contribution in [0.4, 0.5) is 0 Å². The Balaban J connectivity index is 1.76. The van der Waals surface area contributed by atoms with Crippen LogP contribution in [0.25, 0.3) is 21.3 Å². The number of aromatic nitrogens is 2. The summed E-state index contributed by atoms with van der Waals surface area (Å²) in [7, 11) is 0. The van der Waals surface area contributed by atoms with Gasteiger partial charge in [0.25, 0.3) is 5.56 Å². The van der Waals surface area contributed by atoms with Crippen molar-refractivity contribution in [3.63, 3.8) is 0 Å². The highest BCUT2D eigenvalue weighted by Gasteiger charge is 2.13. The molecule has 0 spiro atoms. The monoisotopic (exact) mass is 376 g/mol. The number of hydrogen-bond donors (Lipinski definition) is 0. The Hall–Kier alpha value is -2.92. The number of nitrogens with zero attached hydrogens (tertiary/aromatic N) is 2. The molecule has 2 heterocycles. The van der Waals surface area contributed by atoms with E-state index in [1.165, 1.54) is 16.9 Å². The molecule has 0 amide bonds. The van der Waals surface area contributed by atoms with Crippen molar-refractivity contribution in [3.05, 3.63) is 81.7 Å². The van der Waals surface area contributed by atoms with Crippen molar-refractivity contribution in [2.75, 3.05) is 6.61 Å². The third-order valence-corrected chi connectivity index (χ3v) is 5.36. The van der Waals surface area contributed by atoms with E-state index in [0.29, 0.717) is 18.5 Å². The standard InChI is InChI=1S/C22H20N2O2S/c1-3-26-18-9-7-17(8-10-18)19-13-27-21-20(19)22(25)24(14-23-21)12-16-6-4-5-15(2)11-16/h4-11,13-14H,3,12H2,1-2H3. The number of benzene rings is 2. The van der Waals surface area contributed by atoms with Crippen molar-refractivity contribution in [3.8, 4) is 16.9 Å². The molecule has 0 aliphatic rings. The van der Waals surface area contributed by atoms with Crippen molar-refractivity contribution >= 4 is 21.6 Å². The predicted octanol–water partition coefficient (Wildman–Crippen LogP) is 4.88. The van der Waals surface area contributed by atoms with Gasteiger partial charge in [0, 0.05) is 10.9 Å². The van der Waals surface area contributed by atoms with Gasteiger partial charge in [-0.25, -0.2) is 4.98 Å². The first-order valence-corrected chi connectivity index (χ1v) is 9.79. The van der Waals surface area contributed by atoms with Gasteiger partial charge in [0.2, 0.25) is 0 Å². The van der Waals surface area contributed by atoms with E-state index < -0.39 is 0 Å². The van der Waals surface area contributed by atoms with Gasteiger partial charge >= 0.3 is 0 Å². The van der Waals surface area contributed by atoms with E-state index >= 15 is 0 Å². The lowest BCUT2D eigenvalue weighted by molar-refractivity contribution is 0.340. The van der Waals surface area contributed by atoms with Crippen molar-refractivity contribution in [2.45, 2.75) is 20.4 Å². The molecule has 0 fully saturated rings. The molecule has 4 rings (SSSR count). The zero-order valence-corrected chi connectivity index (χ0v) is 16.1. The second-order valence-corrected chi connectivity index (χ2v) is 7.31. The van der Waals surface area contributed by atoms with Crippen LogP contribution in [0.2, 0.25) is 0 Å². The van der Waals surface area contributed by atoms with Gasteiger partial charge in [-0.2, -0.15) is 0 Å². The number of hydrogen-bond acceptors (Lipinski definition) is 4. The number of thiophene rings is 1. The molecule has 2 aromatic heterocycles. The molecule has 27 heavy (non-hydrogen) atoms. The first-order chi connectivity index (χ1) is 13.2. The molecule has 5 heteroatoms. The van der Waals surface area contributed by atoms with Gasteiger partial charge < -0.3 is 4.74 Å². The van der Waals surface area contributed by atoms with Gasteiger partial charge in [0.1, 0.15) is 10.6 Å². The summed E-state index contributed by atoms with van der Waals surface area (Å²) in [6, 6.07) is 16.0. The maximum Gasteiger partial charge on any atom is 0.263 e. The molecule has 4 nitrogen and oxygen atoms in total. The van der Waals surface area contributed by atoms with Crippen LogP contribution in [0.5, 0.6) is 5.75 Å². The van der Waals surface area contributed by atoms with Crippen LogP contribution in [-0.4, -0.2) is 16.2 Å². The third-order valence-electron chi connectivity index (χ3n) is 4.47. The molecule has 0 aliphatic carbocycles. The van der Waals surface area contributed by atoms with Crippen molar-refractivity contribution in [2.24, 2.45) is 0 Å². The molecule has 0 saturated carbocycles. The highest BCUT2D eigenvalue weighted by molar-refractivity contribution is 7.17. The lowest BCUT2D eigenvalue weighted by Gasteiger charge is -2.08. The maximum absolute atomic E-state index is 13.1. The van der Waals surface area contributed by atoms with Gasteiger partial charge in [0.15, 0.2) is 0 Å². The van der Waals surface area contributed by atoms with E-state index in [-0.39, 0.29) is 5.56 Å². The number of rotatable bonds is 5. The topological polar surface area (TPSA) is 44.1 Å². The molecular formula is C22H20N2O2S. The largest absolute Gasteiger partial charge is 0.494 e. The molecule has 0 aliphatic heterocycles. The fourth-order valence-electron chi connectivity index (χ4n) is 3.20. The zero-order chi connectivity index (χ0) is 18.8. The first-order valence-electron chi connectivity index (χ1n) is 8.91. The van der Waals surface area contributed by atoms with Crippen molar-refractivity contribution in [1.82, 2.24) is 9.55 Å². The molecule has 0 unspecified atom stereocenters. The average Bonchev–Trinajstić information content (AvgIpc) is 3.10. The average molecular weight is 376 g/mol. The van der Waals surface area contributed by atoms with Crippen molar-refractivity contribution in [1.29, 1.82) is 0 Å². The highest BCUT2D eigenvalue weighted by Crippen LogP contribution is 2.31. The van der Waals surface area contributed by atoms with E-state index in [0.717, 1.165) is 27.3 Å². The minimum absolute atomic E-state index is 0.00774. The summed E-state index contributed by atoms with van der Waals surface area (Å²) < 4.78 is 7.19. The van der Waals surface area contributed by atoms with Gasteiger partial charge in [0.05, 0.1) is 24.9 Å². The second-order valence-electron chi connectivity index (χ2n) is 6.45. The molecule has 0 radical (unpaired) electrons. The van der Waals surface area contributed by atoms with Crippen LogP contribution in [0.1, 0.15) is 18.1 Å². The third kappa shape index (κ3) is 3.51. The predicted molar refractivity (Wildman–Crippen MR) is 111 cm³/mol. The van der Waals surface area contributed by atoms with Crippen LogP contribution < -0.4 is 10.3 Å². The summed E-state index contributed by atoms with van der Waals surface area (Å²) in [5, 5.41) is 2.69. The quantitative estimate of drug-likeness (QED) is 0.499. The lowest BCUT2D eigenvalue weighted by atomic mass is 10.1. The Kier molecular flexibility index (Phi) is 4.77. The number of fused-ring (bicyclic) bond motifs is 1. The minimum Gasteiger partial charge on any atom is -0.494 e. The van der Waals surface area contributed by atoms with E-state index in [9.17, 15) is 4.79 Å². The van der Waals surface area contributed by atoms with E-state index in [1.807, 2.05) is 48.7 Å². The van der Waals surface area contributed by atoms with Crippen LogP contribution in [-0.2, 0) is 6.54 Å². The number of ether oxygens (including phenoxy) is 1. The summed E-state index contributed by atoms with van der Waals surface area (Å²) in [4.78, 5) is 18.4. The molecule has 2 aromatic carbocycles. The number of aryl methyl sites for hydroxylation is 1. The van der Waals surface area contributed by atoms with Gasteiger partial charge in [-0.05, 0) is 37.1 Å². The van der Waals surface area contributed by atoms with Crippen LogP contribution in [0.3, 0.4) is 0 Å². The molecule has 136 valence electrons. The lowest BCUT2D eigenvalue weighted by Crippen LogP contribution is -2.21. The van der Waals surface area contributed by atoms with E-state index in [1.54, 1.807) is 10.9 Å². The second kappa shape index (κ2) is 7.37. The van der Waals surface area contributed by atoms with Crippen LogP contribution in [0.15, 0.2) is 65.0 Å². The molecule has 4 aromatic rings. The normalized spacial score (nSPS) is 11.0. The molecular weight excluding hydrogens is 356 g/mol. The van der Waals surface area contributed by atoms with Gasteiger partial charge in [-0.3, -0.25) is 9.36 Å². The maximum atomic E-state index is 13.1.